The molecule has 1 aromatic heterocycles. The Hall–Kier alpha value is -0.910. The van der Waals surface area contributed by atoms with Crippen molar-refractivity contribution in [3.63, 3.8) is 0 Å². The Morgan fingerprint density at radius 1 is 0.917 bits per heavy atom. The molecule has 3 aliphatic rings. The average molecular weight is 332 g/mol. The van der Waals surface area contributed by atoms with Gasteiger partial charge in [0.15, 0.2) is 0 Å². The molecular weight excluding hydrogens is 298 g/mol. The standard InChI is InChI=1S/C19H33N5/c1-21-16-18(15-20-21)17-24-10-4-5-19(24)6-11-23(12-7-19)14-13-22-8-2-3-9-22/h15-16H,2-14,17H2,1H3. The summed E-state index contributed by atoms with van der Waals surface area (Å²) in [5.74, 6) is 0. The molecule has 4 rings (SSSR count). The van der Waals surface area contributed by atoms with E-state index in [2.05, 4.69) is 26.0 Å². The van der Waals surface area contributed by atoms with Crippen LogP contribution in [0.1, 0.15) is 44.1 Å². The third-order valence-electron chi connectivity index (χ3n) is 6.59. The van der Waals surface area contributed by atoms with E-state index < -0.39 is 0 Å². The molecule has 0 radical (unpaired) electrons. The van der Waals surface area contributed by atoms with Crippen molar-refractivity contribution in [1.82, 2.24) is 24.5 Å². The van der Waals surface area contributed by atoms with Crippen LogP contribution >= 0.6 is 0 Å². The molecule has 0 amide bonds. The van der Waals surface area contributed by atoms with Gasteiger partial charge in [0.1, 0.15) is 0 Å². The SMILES string of the molecule is Cn1cc(CN2CCCC23CCN(CCN2CCCC2)CC3)cn1. The zero-order valence-corrected chi connectivity index (χ0v) is 15.3. The highest BCUT2D eigenvalue weighted by Crippen LogP contribution is 2.39. The predicted molar refractivity (Wildman–Crippen MR) is 96.9 cm³/mol. The first-order chi connectivity index (χ1) is 11.7. The summed E-state index contributed by atoms with van der Waals surface area (Å²) in [6.07, 6.45) is 12.5. The third kappa shape index (κ3) is 3.53. The summed E-state index contributed by atoms with van der Waals surface area (Å²) in [6, 6.07) is 0. The van der Waals surface area contributed by atoms with Gasteiger partial charge in [-0.3, -0.25) is 9.58 Å². The van der Waals surface area contributed by atoms with Gasteiger partial charge in [-0.05, 0) is 71.2 Å². The number of likely N-dealkylation sites (tertiary alicyclic amines) is 3. The van der Waals surface area contributed by atoms with E-state index >= 15 is 0 Å². The highest BCUT2D eigenvalue weighted by molar-refractivity contribution is 5.08. The number of nitrogens with zero attached hydrogens (tertiary/aromatic N) is 5. The van der Waals surface area contributed by atoms with Crippen molar-refractivity contribution in [1.29, 1.82) is 0 Å². The fourth-order valence-electron chi connectivity index (χ4n) is 5.06. The first-order valence-corrected chi connectivity index (χ1v) is 9.91. The zero-order valence-electron chi connectivity index (χ0n) is 15.3. The van der Waals surface area contributed by atoms with E-state index in [-0.39, 0.29) is 0 Å². The second-order valence-electron chi connectivity index (χ2n) is 8.16. The second kappa shape index (κ2) is 7.14. The van der Waals surface area contributed by atoms with Gasteiger partial charge in [0.05, 0.1) is 6.20 Å². The summed E-state index contributed by atoms with van der Waals surface area (Å²) in [5.41, 5.74) is 1.84. The van der Waals surface area contributed by atoms with E-state index in [1.807, 2.05) is 17.9 Å². The molecule has 4 heterocycles. The Balaban J connectivity index is 1.29. The summed E-state index contributed by atoms with van der Waals surface area (Å²) < 4.78 is 1.93. The molecule has 0 bridgehead atoms. The Bertz CT molecular complexity index is 526. The number of aryl methyl sites for hydroxylation is 1. The van der Waals surface area contributed by atoms with E-state index in [4.69, 9.17) is 0 Å². The van der Waals surface area contributed by atoms with Crippen LogP contribution < -0.4 is 0 Å². The molecule has 5 nitrogen and oxygen atoms in total. The molecular formula is C19H33N5. The van der Waals surface area contributed by atoms with Crippen LogP contribution in [-0.4, -0.2) is 75.8 Å². The first-order valence-electron chi connectivity index (χ1n) is 9.91. The molecule has 0 saturated carbocycles. The lowest BCUT2D eigenvalue weighted by Gasteiger charge is -2.45. The minimum absolute atomic E-state index is 0.472. The average Bonchev–Trinajstić information content (AvgIpc) is 3.31. The zero-order chi connectivity index (χ0) is 16.4. The molecule has 134 valence electrons. The lowest BCUT2D eigenvalue weighted by molar-refractivity contribution is 0.0449. The molecule has 1 spiro atoms. The van der Waals surface area contributed by atoms with E-state index in [1.54, 1.807) is 0 Å². The van der Waals surface area contributed by atoms with Crippen LogP contribution in [0.3, 0.4) is 0 Å². The van der Waals surface area contributed by atoms with Crippen LogP contribution in [-0.2, 0) is 13.6 Å². The number of aromatic nitrogens is 2. The number of hydrogen-bond donors (Lipinski definition) is 0. The second-order valence-corrected chi connectivity index (χ2v) is 8.16. The van der Waals surface area contributed by atoms with Crippen LogP contribution in [0.25, 0.3) is 0 Å². The number of piperidine rings is 1. The Kier molecular flexibility index (Phi) is 4.93. The molecule has 0 unspecified atom stereocenters. The van der Waals surface area contributed by atoms with E-state index in [0.717, 1.165) is 6.54 Å². The van der Waals surface area contributed by atoms with Gasteiger partial charge < -0.3 is 9.80 Å². The van der Waals surface area contributed by atoms with Gasteiger partial charge >= 0.3 is 0 Å². The maximum absolute atomic E-state index is 4.34. The van der Waals surface area contributed by atoms with Crippen molar-refractivity contribution in [3.05, 3.63) is 18.0 Å². The Labute approximate surface area is 146 Å². The Morgan fingerprint density at radius 3 is 2.29 bits per heavy atom. The van der Waals surface area contributed by atoms with Gasteiger partial charge in [-0.2, -0.15) is 5.10 Å². The molecule has 0 aliphatic carbocycles. The highest BCUT2D eigenvalue weighted by Gasteiger charge is 2.42. The summed E-state index contributed by atoms with van der Waals surface area (Å²) in [6.45, 7) is 10.2. The van der Waals surface area contributed by atoms with Crippen LogP contribution in [0, 0.1) is 0 Å². The molecule has 0 atom stereocenters. The van der Waals surface area contributed by atoms with Crippen molar-refractivity contribution in [2.45, 2.75) is 50.6 Å². The minimum atomic E-state index is 0.472. The van der Waals surface area contributed by atoms with Crippen molar-refractivity contribution in [2.75, 3.05) is 45.8 Å². The Morgan fingerprint density at radius 2 is 1.62 bits per heavy atom. The van der Waals surface area contributed by atoms with Gasteiger partial charge in [0.25, 0.3) is 0 Å². The number of rotatable bonds is 5. The fourth-order valence-corrected chi connectivity index (χ4v) is 5.06. The molecule has 3 fully saturated rings. The maximum Gasteiger partial charge on any atom is 0.0534 e. The van der Waals surface area contributed by atoms with Gasteiger partial charge in [0, 0.05) is 44.0 Å². The van der Waals surface area contributed by atoms with Crippen molar-refractivity contribution < 1.29 is 0 Å². The highest BCUT2D eigenvalue weighted by atomic mass is 15.3. The summed E-state index contributed by atoms with van der Waals surface area (Å²) in [4.78, 5) is 8.13. The van der Waals surface area contributed by atoms with Crippen molar-refractivity contribution in [3.8, 4) is 0 Å². The van der Waals surface area contributed by atoms with Crippen molar-refractivity contribution >= 4 is 0 Å². The monoisotopic (exact) mass is 331 g/mol. The fraction of sp³-hybridized carbons (Fsp3) is 0.842. The van der Waals surface area contributed by atoms with E-state index in [1.165, 1.54) is 89.9 Å². The first kappa shape index (κ1) is 16.6. The van der Waals surface area contributed by atoms with Gasteiger partial charge in [0.2, 0.25) is 0 Å². The third-order valence-corrected chi connectivity index (χ3v) is 6.59. The molecule has 24 heavy (non-hydrogen) atoms. The van der Waals surface area contributed by atoms with Crippen LogP contribution in [0.2, 0.25) is 0 Å². The topological polar surface area (TPSA) is 27.5 Å². The summed E-state index contributed by atoms with van der Waals surface area (Å²) >= 11 is 0. The lowest BCUT2D eigenvalue weighted by atomic mass is 9.84. The quantitative estimate of drug-likeness (QED) is 0.824. The van der Waals surface area contributed by atoms with E-state index in [0.29, 0.717) is 5.54 Å². The van der Waals surface area contributed by atoms with Gasteiger partial charge in [-0.15, -0.1) is 0 Å². The molecule has 1 aromatic rings. The molecule has 3 saturated heterocycles. The largest absolute Gasteiger partial charge is 0.302 e. The smallest absolute Gasteiger partial charge is 0.0534 e. The number of hydrogen-bond acceptors (Lipinski definition) is 4. The minimum Gasteiger partial charge on any atom is -0.302 e. The van der Waals surface area contributed by atoms with Crippen molar-refractivity contribution in [2.24, 2.45) is 7.05 Å². The van der Waals surface area contributed by atoms with Crippen LogP contribution in [0.4, 0.5) is 0 Å². The lowest BCUT2D eigenvalue weighted by Crippen LogP contribution is -2.52. The molecule has 0 N–H and O–H groups in total. The van der Waals surface area contributed by atoms with E-state index in [9.17, 15) is 0 Å². The summed E-state index contributed by atoms with van der Waals surface area (Å²) in [5, 5.41) is 4.34. The van der Waals surface area contributed by atoms with Gasteiger partial charge in [-0.1, -0.05) is 0 Å². The normalized spacial score (nSPS) is 25.9. The maximum atomic E-state index is 4.34. The molecule has 5 heteroatoms. The van der Waals surface area contributed by atoms with Crippen LogP contribution in [0.5, 0.6) is 0 Å². The van der Waals surface area contributed by atoms with Crippen LogP contribution in [0.15, 0.2) is 12.4 Å². The predicted octanol–water partition coefficient (Wildman–Crippen LogP) is 1.95. The molecule has 3 aliphatic heterocycles. The summed E-state index contributed by atoms with van der Waals surface area (Å²) in [7, 11) is 2.02. The molecule has 0 aromatic carbocycles. The van der Waals surface area contributed by atoms with Gasteiger partial charge in [-0.25, -0.2) is 0 Å².